The van der Waals surface area contributed by atoms with Gasteiger partial charge in [0, 0.05) is 38.2 Å². The largest absolute Gasteiger partial charge is 0.474 e. The molecule has 2 rings (SSSR count). The summed E-state index contributed by atoms with van der Waals surface area (Å²) in [5.41, 5.74) is 0.521. The molecule has 0 N–H and O–H groups in total. The van der Waals surface area contributed by atoms with Crippen molar-refractivity contribution in [1.29, 1.82) is 5.26 Å². The summed E-state index contributed by atoms with van der Waals surface area (Å²) < 4.78 is 5.68. The molecular weight excluding hydrogens is 218 g/mol. The molecule has 1 saturated heterocycles. The number of nitrogens with zero attached hydrogens (tertiary/aromatic N) is 3. The Balaban J connectivity index is 1.89. The minimum Gasteiger partial charge on any atom is -0.474 e. The van der Waals surface area contributed by atoms with Gasteiger partial charge in [0.1, 0.15) is 12.2 Å². The van der Waals surface area contributed by atoms with E-state index in [-0.39, 0.29) is 6.10 Å². The van der Waals surface area contributed by atoms with Gasteiger partial charge in [-0.25, -0.2) is 4.98 Å². The molecule has 0 aromatic carbocycles. The number of carbonyl (C=O) groups is 1. The number of hydrogen-bond acceptors (Lipinski definition) is 4. The predicted octanol–water partition coefficient (Wildman–Crippen LogP) is 0.953. The number of piperidine rings is 1. The van der Waals surface area contributed by atoms with Crippen LogP contribution in [0.2, 0.25) is 0 Å². The predicted molar refractivity (Wildman–Crippen MR) is 60.2 cm³/mol. The fourth-order valence-electron chi connectivity index (χ4n) is 1.79. The molecule has 0 spiro atoms. The molecule has 5 heteroatoms. The maximum atomic E-state index is 10.5. The van der Waals surface area contributed by atoms with E-state index in [0.29, 0.717) is 11.4 Å². The van der Waals surface area contributed by atoms with Crippen LogP contribution in [0.1, 0.15) is 18.4 Å². The number of amides is 1. The first-order chi connectivity index (χ1) is 8.31. The zero-order valence-corrected chi connectivity index (χ0v) is 9.37. The molecule has 1 aromatic heterocycles. The first-order valence-corrected chi connectivity index (χ1v) is 5.54. The van der Waals surface area contributed by atoms with Crippen LogP contribution in [-0.2, 0) is 4.79 Å². The molecule has 0 saturated carbocycles. The highest BCUT2D eigenvalue weighted by molar-refractivity contribution is 5.47. The molecule has 1 aliphatic heterocycles. The Bertz CT molecular complexity index is 416. The van der Waals surface area contributed by atoms with Crippen molar-refractivity contribution in [2.75, 3.05) is 13.1 Å². The SMILES string of the molecule is N#Cc1ccc(OC2CCN(C=O)CC2)nc1. The summed E-state index contributed by atoms with van der Waals surface area (Å²) in [6, 6.07) is 5.39. The molecule has 0 unspecified atom stereocenters. The highest BCUT2D eigenvalue weighted by Gasteiger charge is 2.19. The maximum Gasteiger partial charge on any atom is 0.213 e. The third-order valence-electron chi connectivity index (χ3n) is 2.78. The van der Waals surface area contributed by atoms with E-state index in [1.54, 1.807) is 17.0 Å². The van der Waals surface area contributed by atoms with Crippen molar-refractivity contribution >= 4 is 6.41 Å². The molecule has 88 valence electrons. The fourth-order valence-corrected chi connectivity index (χ4v) is 1.79. The van der Waals surface area contributed by atoms with Crippen LogP contribution in [0.3, 0.4) is 0 Å². The van der Waals surface area contributed by atoms with Crippen molar-refractivity contribution < 1.29 is 9.53 Å². The van der Waals surface area contributed by atoms with Crippen LogP contribution in [0.4, 0.5) is 0 Å². The number of carbonyl (C=O) groups excluding carboxylic acids is 1. The zero-order chi connectivity index (χ0) is 12.1. The summed E-state index contributed by atoms with van der Waals surface area (Å²) >= 11 is 0. The molecule has 0 aliphatic carbocycles. The lowest BCUT2D eigenvalue weighted by molar-refractivity contribution is -0.119. The van der Waals surface area contributed by atoms with Crippen LogP contribution in [0.5, 0.6) is 5.88 Å². The Morgan fingerprint density at radius 2 is 2.24 bits per heavy atom. The molecule has 1 aliphatic rings. The van der Waals surface area contributed by atoms with Crippen LogP contribution in [0.15, 0.2) is 18.3 Å². The average Bonchev–Trinajstić information content (AvgIpc) is 2.40. The number of ether oxygens (including phenoxy) is 1. The zero-order valence-electron chi connectivity index (χ0n) is 9.37. The Morgan fingerprint density at radius 1 is 1.47 bits per heavy atom. The number of nitriles is 1. The molecule has 17 heavy (non-hydrogen) atoms. The molecule has 1 amide bonds. The molecule has 2 heterocycles. The van der Waals surface area contributed by atoms with Crippen LogP contribution in [0, 0.1) is 11.3 Å². The fraction of sp³-hybridized carbons (Fsp3) is 0.417. The Labute approximate surface area is 99.6 Å². The normalized spacial score (nSPS) is 16.3. The van der Waals surface area contributed by atoms with Gasteiger partial charge in [0.15, 0.2) is 0 Å². The molecule has 0 atom stereocenters. The van der Waals surface area contributed by atoms with Gasteiger partial charge < -0.3 is 9.64 Å². The smallest absolute Gasteiger partial charge is 0.213 e. The van der Waals surface area contributed by atoms with E-state index in [1.807, 2.05) is 6.07 Å². The van der Waals surface area contributed by atoms with Gasteiger partial charge in [0.2, 0.25) is 12.3 Å². The third-order valence-corrected chi connectivity index (χ3v) is 2.78. The second-order valence-corrected chi connectivity index (χ2v) is 3.96. The number of pyridine rings is 1. The standard InChI is InChI=1S/C12H13N3O2/c13-7-10-1-2-12(14-8-10)17-11-3-5-15(9-16)6-4-11/h1-2,8-9,11H,3-6H2. The van der Waals surface area contributed by atoms with Crippen LogP contribution in [-0.4, -0.2) is 35.5 Å². The van der Waals surface area contributed by atoms with E-state index in [0.717, 1.165) is 32.3 Å². The molecule has 1 fully saturated rings. The number of aromatic nitrogens is 1. The van der Waals surface area contributed by atoms with Gasteiger partial charge in [0.05, 0.1) is 5.56 Å². The van der Waals surface area contributed by atoms with Gasteiger partial charge in [-0.3, -0.25) is 4.79 Å². The minimum atomic E-state index is 0.103. The monoisotopic (exact) mass is 231 g/mol. The second kappa shape index (κ2) is 5.30. The summed E-state index contributed by atoms with van der Waals surface area (Å²) in [4.78, 5) is 16.3. The first-order valence-electron chi connectivity index (χ1n) is 5.54. The summed E-state index contributed by atoms with van der Waals surface area (Å²) in [5, 5.41) is 8.64. The Hall–Kier alpha value is -2.09. The van der Waals surface area contributed by atoms with E-state index in [2.05, 4.69) is 4.98 Å². The van der Waals surface area contributed by atoms with Crippen molar-refractivity contribution in [3.63, 3.8) is 0 Å². The number of likely N-dealkylation sites (tertiary alicyclic amines) is 1. The Kier molecular flexibility index (Phi) is 3.55. The van der Waals surface area contributed by atoms with E-state index < -0.39 is 0 Å². The van der Waals surface area contributed by atoms with Crippen LogP contribution in [0.25, 0.3) is 0 Å². The van der Waals surface area contributed by atoms with Gasteiger partial charge in [0.25, 0.3) is 0 Å². The average molecular weight is 231 g/mol. The molecule has 1 aromatic rings. The highest BCUT2D eigenvalue weighted by atomic mass is 16.5. The highest BCUT2D eigenvalue weighted by Crippen LogP contribution is 2.16. The molecule has 5 nitrogen and oxygen atoms in total. The maximum absolute atomic E-state index is 10.5. The second-order valence-electron chi connectivity index (χ2n) is 3.96. The summed E-state index contributed by atoms with van der Waals surface area (Å²) in [6.45, 7) is 1.45. The molecular formula is C12H13N3O2. The third kappa shape index (κ3) is 2.94. The van der Waals surface area contributed by atoms with Gasteiger partial charge in [-0.1, -0.05) is 0 Å². The van der Waals surface area contributed by atoms with Gasteiger partial charge in [-0.15, -0.1) is 0 Å². The van der Waals surface area contributed by atoms with Crippen molar-refractivity contribution in [2.24, 2.45) is 0 Å². The van der Waals surface area contributed by atoms with Gasteiger partial charge in [-0.2, -0.15) is 5.26 Å². The Morgan fingerprint density at radius 3 is 2.76 bits per heavy atom. The first kappa shape index (κ1) is 11.4. The number of rotatable bonds is 3. The molecule has 0 radical (unpaired) electrons. The topological polar surface area (TPSA) is 66.2 Å². The minimum absolute atomic E-state index is 0.103. The molecule has 0 bridgehead atoms. The lowest BCUT2D eigenvalue weighted by Gasteiger charge is -2.29. The van der Waals surface area contributed by atoms with Crippen LogP contribution >= 0.6 is 0 Å². The summed E-state index contributed by atoms with van der Waals surface area (Å²) in [5.74, 6) is 0.536. The van der Waals surface area contributed by atoms with E-state index in [1.165, 1.54) is 6.20 Å². The van der Waals surface area contributed by atoms with E-state index in [9.17, 15) is 4.79 Å². The summed E-state index contributed by atoms with van der Waals surface area (Å²) in [6.07, 6.45) is 4.11. The van der Waals surface area contributed by atoms with E-state index in [4.69, 9.17) is 10.00 Å². The van der Waals surface area contributed by atoms with Crippen LogP contribution < -0.4 is 4.74 Å². The van der Waals surface area contributed by atoms with Crippen molar-refractivity contribution in [3.05, 3.63) is 23.9 Å². The van der Waals surface area contributed by atoms with Gasteiger partial charge in [-0.05, 0) is 6.07 Å². The summed E-state index contributed by atoms with van der Waals surface area (Å²) in [7, 11) is 0. The van der Waals surface area contributed by atoms with Gasteiger partial charge >= 0.3 is 0 Å². The quantitative estimate of drug-likeness (QED) is 0.726. The lowest BCUT2D eigenvalue weighted by atomic mass is 10.1. The van der Waals surface area contributed by atoms with Crippen molar-refractivity contribution in [3.8, 4) is 11.9 Å². The van der Waals surface area contributed by atoms with Crippen molar-refractivity contribution in [1.82, 2.24) is 9.88 Å². The van der Waals surface area contributed by atoms with Crippen molar-refractivity contribution in [2.45, 2.75) is 18.9 Å². The lowest BCUT2D eigenvalue weighted by Crippen LogP contribution is -2.37. The van der Waals surface area contributed by atoms with E-state index >= 15 is 0 Å². The number of hydrogen-bond donors (Lipinski definition) is 0.